The Morgan fingerprint density at radius 1 is 1.56 bits per heavy atom. The van der Waals surface area contributed by atoms with E-state index in [1.807, 2.05) is 0 Å². The van der Waals surface area contributed by atoms with E-state index in [9.17, 15) is 4.39 Å². The van der Waals surface area contributed by atoms with Crippen LogP contribution in [-0.2, 0) is 4.74 Å². The molecule has 3 nitrogen and oxygen atoms in total. The van der Waals surface area contributed by atoms with E-state index in [1.165, 1.54) is 23.5 Å². The second-order valence-electron chi connectivity index (χ2n) is 4.89. The van der Waals surface area contributed by atoms with Gasteiger partial charge in [-0.15, -0.1) is 0 Å². The van der Waals surface area contributed by atoms with Gasteiger partial charge in [-0.2, -0.15) is 0 Å². The molecule has 0 radical (unpaired) electrons. The Hall–Kier alpha value is -1.20. The molecule has 1 N–H and O–H groups in total. The summed E-state index contributed by atoms with van der Waals surface area (Å²) < 4.78 is 19.7. The molecule has 0 aliphatic carbocycles. The van der Waals surface area contributed by atoms with Gasteiger partial charge in [-0.05, 0) is 38.0 Å². The quantitative estimate of drug-likeness (QED) is 0.924. The number of aromatic nitrogens is 1. The van der Waals surface area contributed by atoms with Gasteiger partial charge in [-0.1, -0.05) is 11.3 Å². The van der Waals surface area contributed by atoms with Crippen molar-refractivity contribution in [3.63, 3.8) is 0 Å². The van der Waals surface area contributed by atoms with Crippen LogP contribution in [0.2, 0.25) is 0 Å². The highest BCUT2D eigenvalue weighted by atomic mass is 32.1. The average Bonchev–Trinajstić information content (AvgIpc) is 2.93. The molecule has 1 unspecified atom stereocenters. The smallest absolute Gasteiger partial charge is 0.183 e. The van der Waals surface area contributed by atoms with Crippen molar-refractivity contribution in [2.24, 2.45) is 0 Å². The molecule has 1 atom stereocenters. The Morgan fingerprint density at radius 3 is 3.22 bits per heavy atom. The van der Waals surface area contributed by atoms with Crippen molar-refractivity contribution in [1.82, 2.24) is 4.98 Å². The lowest BCUT2D eigenvalue weighted by Gasteiger charge is -2.22. The SMILES string of the molecule is CC1(CNc2nc3ccc(F)cc3s2)CCCO1. The van der Waals surface area contributed by atoms with Gasteiger partial charge in [0.2, 0.25) is 0 Å². The van der Waals surface area contributed by atoms with E-state index in [1.54, 1.807) is 6.07 Å². The Morgan fingerprint density at radius 2 is 2.44 bits per heavy atom. The molecule has 1 aromatic heterocycles. The summed E-state index contributed by atoms with van der Waals surface area (Å²) in [5.74, 6) is -0.219. The summed E-state index contributed by atoms with van der Waals surface area (Å²) in [5, 5.41) is 4.12. The third kappa shape index (κ3) is 2.33. The molecular weight excluding hydrogens is 251 g/mol. The second-order valence-corrected chi connectivity index (χ2v) is 5.92. The summed E-state index contributed by atoms with van der Waals surface area (Å²) >= 11 is 1.48. The zero-order valence-electron chi connectivity index (χ0n) is 10.2. The van der Waals surface area contributed by atoms with E-state index in [2.05, 4.69) is 17.2 Å². The summed E-state index contributed by atoms with van der Waals surface area (Å²) in [6, 6.07) is 4.67. The van der Waals surface area contributed by atoms with E-state index in [0.29, 0.717) is 0 Å². The second kappa shape index (κ2) is 4.48. The molecule has 1 fully saturated rings. The monoisotopic (exact) mass is 266 g/mol. The van der Waals surface area contributed by atoms with Crippen LogP contribution in [0.25, 0.3) is 10.2 Å². The van der Waals surface area contributed by atoms with Gasteiger partial charge in [0.05, 0.1) is 15.8 Å². The van der Waals surface area contributed by atoms with E-state index in [0.717, 1.165) is 41.3 Å². The minimum atomic E-state index is -0.219. The molecule has 1 aliphatic rings. The number of benzene rings is 1. The van der Waals surface area contributed by atoms with Crippen LogP contribution in [0.15, 0.2) is 18.2 Å². The number of rotatable bonds is 3. The standard InChI is InChI=1S/C13H15FN2OS/c1-13(5-2-6-17-13)8-15-12-16-10-4-3-9(14)7-11(10)18-12/h3-4,7H,2,5-6,8H2,1H3,(H,15,16). The first-order valence-corrected chi connectivity index (χ1v) is 6.90. The van der Waals surface area contributed by atoms with Crippen LogP contribution in [0.3, 0.4) is 0 Å². The number of anilines is 1. The third-order valence-electron chi connectivity index (χ3n) is 3.26. The van der Waals surface area contributed by atoms with Crippen LogP contribution < -0.4 is 5.32 Å². The summed E-state index contributed by atoms with van der Waals surface area (Å²) in [6.07, 6.45) is 2.18. The molecule has 0 spiro atoms. The number of nitrogens with one attached hydrogen (secondary N) is 1. The number of ether oxygens (including phenoxy) is 1. The third-order valence-corrected chi connectivity index (χ3v) is 4.24. The summed E-state index contributed by atoms with van der Waals surface area (Å²) in [6.45, 7) is 3.69. The summed E-state index contributed by atoms with van der Waals surface area (Å²) in [4.78, 5) is 4.43. The van der Waals surface area contributed by atoms with Crippen molar-refractivity contribution < 1.29 is 9.13 Å². The fraction of sp³-hybridized carbons (Fsp3) is 0.462. The first kappa shape index (κ1) is 11.9. The fourth-order valence-corrected chi connectivity index (χ4v) is 3.10. The molecule has 3 rings (SSSR count). The summed E-state index contributed by atoms with van der Waals surface area (Å²) in [7, 11) is 0. The van der Waals surface area contributed by atoms with Crippen LogP contribution in [-0.4, -0.2) is 23.7 Å². The number of halogens is 1. The largest absolute Gasteiger partial charge is 0.373 e. The van der Waals surface area contributed by atoms with Crippen LogP contribution in [0.5, 0.6) is 0 Å². The van der Waals surface area contributed by atoms with Crippen molar-refractivity contribution in [2.45, 2.75) is 25.4 Å². The van der Waals surface area contributed by atoms with Crippen molar-refractivity contribution >= 4 is 26.7 Å². The lowest BCUT2D eigenvalue weighted by molar-refractivity contribution is 0.0315. The molecule has 0 saturated carbocycles. The molecule has 1 saturated heterocycles. The van der Waals surface area contributed by atoms with Gasteiger partial charge < -0.3 is 10.1 Å². The maximum Gasteiger partial charge on any atom is 0.183 e. The summed E-state index contributed by atoms with van der Waals surface area (Å²) in [5.41, 5.74) is 0.740. The molecule has 0 bridgehead atoms. The molecule has 96 valence electrons. The van der Waals surface area contributed by atoms with Crippen molar-refractivity contribution in [3.05, 3.63) is 24.0 Å². The molecule has 18 heavy (non-hydrogen) atoms. The Labute approximate surface area is 109 Å². The number of hydrogen-bond donors (Lipinski definition) is 1. The number of nitrogens with zero attached hydrogens (tertiary/aromatic N) is 1. The average molecular weight is 266 g/mol. The van der Waals surface area contributed by atoms with Crippen molar-refractivity contribution in [2.75, 3.05) is 18.5 Å². The van der Waals surface area contributed by atoms with Gasteiger partial charge in [-0.25, -0.2) is 9.37 Å². The molecule has 2 aromatic rings. The van der Waals surface area contributed by atoms with E-state index >= 15 is 0 Å². The number of hydrogen-bond acceptors (Lipinski definition) is 4. The van der Waals surface area contributed by atoms with E-state index in [4.69, 9.17) is 4.74 Å². The predicted octanol–water partition coefficient (Wildman–Crippen LogP) is 3.42. The minimum absolute atomic E-state index is 0.0941. The maximum absolute atomic E-state index is 13.1. The normalized spacial score (nSPS) is 23.7. The number of thiazole rings is 1. The van der Waals surface area contributed by atoms with E-state index < -0.39 is 0 Å². The first-order valence-electron chi connectivity index (χ1n) is 6.09. The lowest BCUT2D eigenvalue weighted by Crippen LogP contribution is -2.32. The van der Waals surface area contributed by atoms with Gasteiger partial charge in [-0.3, -0.25) is 0 Å². The van der Waals surface area contributed by atoms with Gasteiger partial charge in [0, 0.05) is 13.2 Å². The molecule has 5 heteroatoms. The first-order chi connectivity index (χ1) is 8.65. The van der Waals surface area contributed by atoms with Crippen LogP contribution in [0.1, 0.15) is 19.8 Å². The molecule has 1 aromatic carbocycles. The highest BCUT2D eigenvalue weighted by molar-refractivity contribution is 7.22. The minimum Gasteiger partial charge on any atom is -0.373 e. The van der Waals surface area contributed by atoms with Gasteiger partial charge in [0.25, 0.3) is 0 Å². The van der Waals surface area contributed by atoms with Crippen LogP contribution >= 0.6 is 11.3 Å². The predicted molar refractivity (Wildman–Crippen MR) is 71.7 cm³/mol. The molecular formula is C13H15FN2OS. The van der Waals surface area contributed by atoms with Gasteiger partial charge in [0.15, 0.2) is 5.13 Å². The van der Waals surface area contributed by atoms with E-state index in [-0.39, 0.29) is 11.4 Å². The van der Waals surface area contributed by atoms with Gasteiger partial charge >= 0.3 is 0 Å². The Kier molecular flexibility index (Phi) is 2.95. The van der Waals surface area contributed by atoms with Crippen molar-refractivity contribution in [1.29, 1.82) is 0 Å². The zero-order valence-corrected chi connectivity index (χ0v) is 11.0. The maximum atomic E-state index is 13.1. The van der Waals surface area contributed by atoms with Gasteiger partial charge in [0.1, 0.15) is 5.82 Å². The topological polar surface area (TPSA) is 34.2 Å². The molecule has 1 aliphatic heterocycles. The lowest BCUT2D eigenvalue weighted by atomic mass is 10.0. The molecule has 0 amide bonds. The fourth-order valence-electron chi connectivity index (χ4n) is 2.21. The number of fused-ring (bicyclic) bond motifs is 1. The highest BCUT2D eigenvalue weighted by Gasteiger charge is 2.29. The Balaban J connectivity index is 1.74. The highest BCUT2D eigenvalue weighted by Crippen LogP contribution is 2.29. The molecule has 2 heterocycles. The zero-order chi connectivity index (χ0) is 12.6. The van der Waals surface area contributed by atoms with Crippen molar-refractivity contribution in [3.8, 4) is 0 Å². The Bertz CT molecular complexity index is 563. The van der Waals surface area contributed by atoms with Crippen LogP contribution in [0, 0.1) is 5.82 Å². The van der Waals surface area contributed by atoms with Crippen LogP contribution in [0.4, 0.5) is 9.52 Å².